The highest BCUT2D eigenvalue weighted by Crippen LogP contribution is 2.27. The number of rotatable bonds is 5. The summed E-state index contributed by atoms with van der Waals surface area (Å²) in [6.45, 7) is 0. The van der Waals surface area contributed by atoms with Gasteiger partial charge in [-0.05, 0) is 36.0 Å². The van der Waals surface area contributed by atoms with Crippen LogP contribution in [0.5, 0.6) is 0 Å². The van der Waals surface area contributed by atoms with Crippen molar-refractivity contribution in [1.29, 1.82) is 0 Å². The quantitative estimate of drug-likeness (QED) is 0.576. The van der Waals surface area contributed by atoms with Gasteiger partial charge in [0.05, 0.1) is 0 Å². The van der Waals surface area contributed by atoms with Gasteiger partial charge in [0.1, 0.15) is 5.52 Å². The molecule has 1 N–H and O–H groups in total. The monoisotopic (exact) mass is 314 g/mol. The van der Waals surface area contributed by atoms with Gasteiger partial charge in [0.2, 0.25) is 0 Å². The Balaban J connectivity index is 1.72. The van der Waals surface area contributed by atoms with Crippen LogP contribution in [0.1, 0.15) is 0 Å². The maximum atomic E-state index is 12.2. The number of nitrogens with one attached hydrogen (secondary N) is 1. The molecule has 3 rings (SSSR count). The van der Waals surface area contributed by atoms with Gasteiger partial charge in [0.25, 0.3) is 11.1 Å². The molecule has 0 bridgehead atoms. The zero-order valence-corrected chi connectivity index (χ0v) is 12.7. The topological polar surface area (TPSA) is 64.4 Å². The van der Waals surface area contributed by atoms with Crippen molar-refractivity contribution in [3.8, 4) is 0 Å². The van der Waals surface area contributed by atoms with Crippen molar-refractivity contribution in [2.45, 2.75) is 10.7 Å². The molecule has 0 saturated heterocycles. The Kier molecular flexibility index (Phi) is 4.41. The summed E-state index contributed by atoms with van der Waals surface area (Å²) in [5, 5.41) is 3.19. The van der Waals surface area contributed by atoms with E-state index in [1.807, 2.05) is 54.6 Å². The number of ether oxygens (including phenoxy) is 1. The van der Waals surface area contributed by atoms with Crippen LogP contribution in [0.4, 0.5) is 5.69 Å². The third-order valence-corrected chi connectivity index (χ3v) is 3.95. The zero-order chi connectivity index (χ0) is 15.4. The number of thioether (sulfide) groups is 1. The van der Waals surface area contributed by atoms with Crippen LogP contribution in [0.25, 0.3) is 11.1 Å². The lowest BCUT2D eigenvalue weighted by Crippen LogP contribution is -2.26. The maximum Gasteiger partial charge on any atom is 0.264 e. The van der Waals surface area contributed by atoms with Gasteiger partial charge in [-0.15, -0.1) is 0 Å². The number of nitrogens with zero attached hydrogens (tertiary/aromatic N) is 1. The highest BCUT2D eigenvalue weighted by molar-refractivity contribution is 8.00. The van der Waals surface area contributed by atoms with Crippen molar-refractivity contribution in [1.82, 2.24) is 4.98 Å². The number of fused-ring (bicyclic) bond motifs is 1. The maximum absolute atomic E-state index is 12.2. The van der Waals surface area contributed by atoms with Gasteiger partial charge in [0, 0.05) is 12.8 Å². The second-order valence-electron chi connectivity index (χ2n) is 4.49. The molecule has 5 nitrogen and oxygen atoms in total. The molecule has 6 heteroatoms. The van der Waals surface area contributed by atoms with Gasteiger partial charge in [-0.3, -0.25) is 4.79 Å². The van der Waals surface area contributed by atoms with E-state index in [1.165, 1.54) is 7.11 Å². The third kappa shape index (κ3) is 3.29. The lowest BCUT2D eigenvalue weighted by molar-refractivity contribution is -0.121. The number of anilines is 1. The molecule has 1 amide bonds. The van der Waals surface area contributed by atoms with Crippen LogP contribution in [0.3, 0.4) is 0 Å². The first-order valence-corrected chi connectivity index (χ1v) is 7.55. The summed E-state index contributed by atoms with van der Waals surface area (Å²) in [6.07, 6.45) is 0. The van der Waals surface area contributed by atoms with Crippen molar-refractivity contribution in [2.24, 2.45) is 0 Å². The molecule has 0 radical (unpaired) electrons. The van der Waals surface area contributed by atoms with Crippen molar-refractivity contribution in [3.05, 3.63) is 54.6 Å². The van der Waals surface area contributed by atoms with E-state index < -0.39 is 5.44 Å². The van der Waals surface area contributed by atoms with Crippen LogP contribution in [0.15, 0.2) is 64.2 Å². The minimum Gasteiger partial charge on any atom is -0.431 e. The predicted octanol–water partition coefficient (Wildman–Crippen LogP) is 3.53. The van der Waals surface area contributed by atoms with Crippen molar-refractivity contribution in [2.75, 3.05) is 12.4 Å². The number of aromatic nitrogens is 1. The minimum atomic E-state index is -0.742. The molecule has 22 heavy (non-hydrogen) atoms. The number of hydrogen-bond acceptors (Lipinski definition) is 5. The van der Waals surface area contributed by atoms with E-state index >= 15 is 0 Å². The predicted molar refractivity (Wildman–Crippen MR) is 85.7 cm³/mol. The fourth-order valence-corrected chi connectivity index (χ4v) is 2.66. The Labute approximate surface area is 131 Å². The van der Waals surface area contributed by atoms with Crippen molar-refractivity contribution in [3.63, 3.8) is 0 Å². The number of amides is 1. The lowest BCUT2D eigenvalue weighted by atomic mass is 10.3. The number of carbonyl (C=O) groups excluding carboxylic acids is 1. The molecule has 1 unspecified atom stereocenters. The molecule has 1 heterocycles. The summed E-state index contributed by atoms with van der Waals surface area (Å²) >= 11 is 1.13. The van der Waals surface area contributed by atoms with E-state index in [2.05, 4.69) is 10.3 Å². The van der Waals surface area contributed by atoms with E-state index in [4.69, 9.17) is 9.15 Å². The first-order valence-electron chi connectivity index (χ1n) is 6.67. The van der Waals surface area contributed by atoms with Crippen LogP contribution >= 0.6 is 11.8 Å². The summed E-state index contributed by atoms with van der Waals surface area (Å²) in [5.74, 6) is -0.263. The molecule has 1 aromatic heterocycles. The van der Waals surface area contributed by atoms with Gasteiger partial charge in [-0.1, -0.05) is 30.3 Å². The molecule has 1 atom stereocenters. The third-order valence-electron chi connectivity index (χ3n) is 2.95. The van der Waals surface area contributed by atoms with Crippen LogP contribution in [-0.2, 0) is 9.53 Å². The average Bonchev–Trinajstić information content (AvgIpc) is 2.96. The number of hydrogen-bond donors (Lipinski definition) is 1. The van der Waals surface area contributed by atoms with Gasteiger partial charge in [-0.2, -0.15) is 0 Å². The summed E-state index contributed by atoms with van der Waals surface area (Å²) in [7, 11) is 1.48. The number of oxazole rings is 1. The molecule has 0 aliphatic rings. The van der Waals surface area contributed by atoms with Crippen LogP contribution in [0, 0.1) is 0 Å². The Hall–Kier alpha value is -2.31. The van der Waals surface area contributed by atoms with Crippen LogP contribution in [-0.4, -0.2) is 23.4 Å². The molecule has 0 spiro atoms. The highest BCUT2D eigenvalue weighted by Gasteiger charge is 2.22. The second-order valence-corrected chi connectivity index (χ2v) is 5.50. The fraction of sp³-hybridized carbons (Fsp3) is 0.125. The Morgan fingerprint density at radius 1 is 1.18 bits per heavy atom. The van der Waals surface area contributed by atoms with E-state index in [1.54, 1.807) is 0 Å². The molecule has 112 valence electrons. The number of benzene rings is 2. The van der Waals surface area contributed by atoms with Gasteiger partial charge >= 0.3 is 0 Å². The SMILES string of the molecule is COC(Sc1nc2ccccc2o1)C(=O)Nc1ccccc1. The molecule has 0 fully saturated rings. The number of carbonyl (C=O) groups is 1. The summed E-state index contributed by atoms with van der Waals surface area (Å²) in [6, 6.07) is 16.7. The smallest absolute Gasteiger partial charge is 0.264 e. The van der Waals surface area contributed by atoms with Crippen molar-refractivity contribution >= 4 is 34.5 Å². The zero-order valence-electron chi connectivity index (χ0n) is 11.9. The van der Waals surface area contributed by atoms with E-state index in [0.29, 0.717) is 16.5 Å². The van der Waals surface area contributed by atoms with Gasteiger partial charge < -0.3 is 14.5 Å². The summed E-state index contributed by atoms with van der Waals surface area (Å²) < 4.78 is 10.8. The molecule has 3 aromatic rings. The highest BCUT2D eigenvalue weighted by atomic mass is 32.2. The van der Waals surface area contributed by atoms with Crippen LogP contribution < -0.4 is 5.32 Å². The standard InChI is InChI=1S/C16H14N2O3S/c1-20-15(14(19)17-11-7-3-2-4-8-11)22-16-18-12-9-5-6-10-13(12)21-16/h2-10,15H,1H3,(H,17,19). The molecule has 0 saturated carbocycles. The number of methoxy groups -OCH3 is 1. The van der Waals surface area contributed by atoms with E-state index in [9.17, 15) is 4.79 Å². The summed E-state index contributed by atoms with van der Waals surface area (Å²) in [4.78, 5) is 16.6. The molecule has 0 aliphatic carbocycles. The minimum absolute atomic E-state index is 0.263. The van der Waals surface area contributed by atoms with Crippen molar-refractivity contribution < 1.29 is 13.9 Å². The normalized spacial score (nSPS) is 12.2. The second kappa shape index (κ2) is 6.64. The Bertz CT molecular complexity index is 740. The number of para-hydroxylation sites is 3. The first-order chi connectivity index (χ1) is 10.8. The Morgan fingerprint density at radius 3 is 2.64 bits per heavy atom. The van der Waals surface area contributed by atoms with Crippen LogP contribution in [0.2, 0.25) is 0 Å². The van der Waals surface area contributed by atoms with E-state index in [-0.39, 0.29) is 5.91 Å². The van der Waals surface area contributed by atoms with Gasteiger partial charge in [-0.25, -0.2) is 4.98 Å². The molecular weight excluding hydrogens is 300 g/mol. The Morgan fingerprint density at radius 2 is 1.91 bits per heavy atom. The fourth-order valence-electron chi connectivity index (χ4n) is 1.92. The first kappa shape index (κ1) is 14.6. The largest absolute Gasteiger partial charge is 0.431 e. The summed E-state index contributed by atoms with van der Waals surface area (Å²) in [5.41, 5.74) is 1.41. The lowest BCUT2D eigenvalue weighted by Gasteiger charge is -2.12. The average molecular weight is 314 g/mol. The molecular formula is C16H14N2O3S. The van der Waals surface area contributed by atoms with Gasteiger partial charge in [0.15, 0.2) is 11.0 Å². The van der Waals surface area contributed by atoms with E-state index in [0.717, 1.165) is 17.3 Å². The molecule has 2 aromatic carbocycles. The molecule has 0 aliphatic heterocycles.